The maximum Gasteiger partial charge on any atom is 0.253 e. The van der Waals surface area contributed by atoms with Crippen LogP contribution in [0.4, 0.5) is 0 Å². The predicted octanol–water partition coefficient (Wildman–Crippen LogP) is 3.52. The van der Waals surface area contributed by atoms with Crippen LogP contribution < -0.4 is 10.1 Å². The second-order valence-electron chi connectivity index (χ2n) is 6.66. The van der Waals surface area contributed by atoms with E-state index >= 15 is 0 Å². The molecule has 1 atom stereocenters. The second-order valence-corrected chi connectivity index (χ2v) is 6.66. The molecule has 2 aromatic heterocycles. The Hall–Kier alpha value is -2.89. The normalized spacial score (nSPS) is 16.4. The van der Waals surface area contributed by atoms with E-state index in [9.17, 15) is 4.79 Å². The fourth-order valence-electron chi connectivity index (χ4n) is 3.19. The minimum atomic E-state index is -0.0454. The Morgan fingerprint density at radius 1 is 1.20 bits per heavy atom. The highest BCUT2D eigenvalue weighted by Gasteiger charge is 2.28. The van der Waals surface area contributed by atoms with Gasteiger partial charge in [-0.15, -0.1) is 0 Å². The summed E-state index contributed by atoms with van der Waals surface area (Å²) in [5, 5.41) is 2.90. The maximum atomic E-state index is 12.0. The van der Waals surface area contributed by atoms with E-state index in [1.807, 2.05) is 52.0 Å². The topological polar surface area (TPSA) is 79.9 Å². The smallest absolute Gasteiger partial charge is 0.253 e. The number of amides is 1. The van der Waals surface area contributed by atoms with Gasteiger partial charge in [0.1, 0.15) is 11.2 Å². The van der Waals surface area contributed by atoms with Crippen LogP contribution in [-0.4, -0.2) is 27.0 Å². The highest BCUT2D eigenvalue weighted by atomic mass is 16.5. The molecule has 0 radical (unpaired) electrons. The van der Waals surface area contributed by atoms with Crippen LogP contribution >= 0.6 is 0 Å². The highest BCUT2D eigenvalue weighted by molar-refractivity contribution is 6.01. The summed E-state index contributed by atoms with van der Waals surface area (Å²) in [4.78, 5) is 24.7. The number of carbonyl (C=O) groups excluding carboxylic acids is 1. The molecular weight excluding hydrogens is 316 g/mol. The Bertz CT molecular complexity index is 990. The van der Waals surface area contributed by atoms with Crippen molar-refractivity contribution in [2.45, 2.75) is 39.8 Å². The number of rotatable bonds is 3. The van der Waals surface area contributed by atoms with Crippen molar-refractivity contribution in [2.75, 3.05) is 0 Å². The Labute approximate surface area is 145 Å². The summed E-state index contributed by atoms with van der Waals surface area (Å²) in [6, 6.07) is 7.73. The van der Waals surface area contributed by atoms with Gasteiger partial charge in [-0.1, -0.05) is 12.1 Å². The van der Waals surface area contributed by atoms with Gasteiger partial charge in [0.15, 0.2) is 0 Å². The SMILES string of the molecule is Cc1nc2cccc(-c3cc4c([nH]3)[C@@H](C)NC4=O)c2nc1OC(C)C. The van der Waals surface area contributed by atoms with Crippen molar-refractivity contribution in [1.82, 2.24) is 20.3 Å². The molecule has 4 rings (SSSR count). The van der Waals surface area contributed by atoms with Crippen LogP contribution in [0.15, 0.2) is 24.3 Å². The fraction of sp³-hybridized carbons (Fsp3) is 0.316. The minimum Gasteiger partial charge on any atom is -0.474 e. The minimum absolute atomic E-state index is 0.0145. The molecule has 128 valence electrons. The standard InChI is InChI=1S/C19H20N4O2/c1-9(2)25-19-11(4)20-14-7-5-6-12(17(14)23-19)15-8-13-16(22-15)10(3)21-18(13)24/h5-10,22H,1-4H3,(H,21,24)/t10-/m1/s1. The Balaban J connectivity index is 1.89. The van der Waals surface area contributed by atoms with E-state index < -0.39 is 0 Å². The van der Waals surface area contributed by atoms with E-state index in [-0.39, 0.29) is 18.1 Å². The van der Waals surface area contributed by atoms with E-state index in [0.29, 0.717) is 11.4 Å². The summed E-state index contributed by atoms with van der Waals surface area (Å²) in [7, 11) is 0. The predicted molar refractivity (Wildman–Crippen MR) is 95.7 cm³/mol. The van der Waals surface area contributed by atoms with Crippen molar-refractivity contribution in [2.24, 2.45) is 0 Å². The number of para-hydroxylation sites is 1. The zero-order valence-electron chi connectivity index (χ0n) is 14.7. The Morgan fingerprint density at radius 3 is 2.72 bits per heavy atom. The molecule has 0 aliphatic carbocycles. The number of ether oxygens (including phenoxy) is 1. The summed E-state index contributed by atoms with van der Waals surface area (Å²) < 4.78 is 5.79. The van der Waals surface area contributed by atoms with Crippen molar-refractivity contribution in [3.8, 4) is 17.1 Å². The molecule has 6 heteroatoms. The summed E-state index contributed by atoms with van der Waals surface area (Å²) >= 11 is 0. The molecule has 1 amide bonds. The monoisotopic (exact) mass is 336 g/mol. The molecule has 0 saturated heterocycles. The average molecular weight is 336 g/mol. The zero-order valence-corrected chi connectivity index (χ0v) is 14.7. The van der Waals surface area contributed by atoms with Crippen molar-refractivity contribution >= 4 is 16.9 Å². The lowest BCUT2D eigenvalue weighted by atomic mass is 10.1. The van der Waals surface area contributed by atoms with Gasteiger partial charge in [0, 0.05) is 11.3 Å². The van der Waals surface area contributed by atoms with Crippen LogP contribution in [0.2, 0.25) is 0 Å². The van der Waals surface area contributed by atoms with Gasteiger partial charge >= 0.3 is 0 Å². The molecule has 1 aliphatic rings. The number of nitrogens with zero attached hydrogens (tertiary/aromatic N) is 2. The van der Waals surface area contributed by atoms with Crippen LogP contribution in [0.25, 0.3) is 22.3 Å². The molecule has 0 fully saturated rings. The number of H-pyrrole nitrogens is 1. The first-order chi connectivity index (χ1) is 11.9. The van der Waals surface area contributed by atoms with Gasteiger partial charge in [-0.05, 0) is 39.8 Å². The summed E-state index contributed by atoms with van der Waals surface area (Å²) in [6.07, 6.45) is 0.0245. The number of aromatic amines is 1. The molecule has 0 bridgehead atoms. The maximum absolute atomic E-state index is 12.0. The molecule has 3 aromatic rings. The number of benzene rings is 1. The summed E-state index contributed by atoms with van der Waals surface area (Å²) in [5.74, 6) is 0.496. The van der Waals surface area contributed by atoms with E-state index in [1.54, 1.807) is 0 Å². The van der Waals surface area contributed by atoms with Gasteiger partial charge in [-0.3, -0.25) is 4.79 Å². The number of aryl methyl sites for hydroxylation is 1. The van der Waals surface area contributed by atoms with E-state index in [2.05, 4.69) is 15.3 Å². The lowest BCUT2D eigenvalue weighted by Gasteiger charge is -2.13. The third-order valence-corrected chi connectivity index (χ3v) is 4.34. The number of carbonyl (C=O) groups is 1. The summed E-state index contributed by atoms with van der Waals surface area (Å²) in [5.41, 5.74) is 5.71. The van der Waals surface area contributed by atoms with Gasteiger partial charge in [-0.25, -0.2) is 9.97 Å². The second kappa shape index (κ2) is 5.58. The van der Waals surface area contributed by atoms with E-state index in [4.69, 9.17) is 9.72 Å². The van der Waals surface area contributed by atoms with Crippen LogP contribution in [0.1, 0.15) is 48.6 Å². The van der Waals surface area contributed by atoms with Crippen molar-refractivity contribution < 1.29 is 9.53 Å². The number of hydrogen-bond acceptors (Lipinski definition) is 4. The Morgan fingerprint density at radius 2 is 2.00 bits per heavy atom. The van der Waals surface area contributed by atoms with Gasteiger partial charge in [0.2, 0.25) is 5.88 Å². The quantitative estimate of drug-likeness (QED) is 0.767. The van der Waals surface area contributed by atoms with Crippen LogP contribution in [-0.2, 0) is 0 Å². The lowest BCUT2D eigenvalue weighted by molar-refractivity contribution is 0.0958. The molecule has 1 aliphatic heterocycles. The Kier molecular flexibility index (Phi) is 3.49. The summed E-state index contributed by atoms with van der Waals surface area (Å²) in [6.45, 7) is 7.79. The molecule has 0 saturated carbocycles. The lowest BCUT2D eigenvalue weighted by Crippen LogP contribution is -2.17. The van der Waals surface area contributed by atoms with Crippen LogP contribution in [0.3, 0.4) is 0 Å². The first-order valence-electron chi connectivity index (χ1n) is 8.42. The highest BCUT2D eigenvalue weighted by Crippen LogP contribution is 2.33. The number of hydrogen-bond donors (Lipinski definition) is 2. The van der Waals surface area contributed by atoms with Crippen molar-refractivity contribution in [3.05, 3.63) is 41.2 Å². The molecule has 6 nitrogen and oxygen atoms in total. The third-order valence-electron chi connectivity index (χ3n) is 4.34. The van der Waals surface area contributed by atoms with E-state index in [0.717, 1.165) is 33.7 Å². The average Bonchev–Trinajstić information content (AvgIpc) is 3.09. The molecule has 0 unspecified atom stereocenters. The molecule has 1 aromatic carbocycles. The first-order valence-corrected chi connectivity index (χ1v) is 8.42. The van der Waals surface area contributed by atoms with Crippen LogP contribution in [0, 0.1) is 6.92 Å². The zero-order chi connectivity index (χ0) is 17.7. The van der Waals surface area contributed by atoms with Gasteiger partial charge < -0.3 is 15.0 Å². The molecular formula is C19H20N4O2. The third kappa shape index (κ3) is 2.54. The van der Waals surface area contributed by atoms with Gasteiger partial charge in [0.25, 0.3) is 5.91 Å². The molecule has 0 spiro atoms. The van der Waals surface area contributed by atoms with Crippen molar-refractivity contribution in [1.29, 1.82) is 0 Å². The number of fused-ring (bicyclic) bond motifs is 2. The fourth-order valence-corrected chi connectivity index (χ4v) is 3.19. The van der Waals surface area contributed by atoms with Crippen molar-refractivity contribution in [3.63, 3.8) is 0 Å². The van der Waals surface area contributed by atoms with E-state index in [1.165, 1.54) is 0 Å². The largest absolute Gasteiger partial charge is 0.474 e. The number of aromatic nitrogens is 3. The first kappa shape index (κ1) is 15.6. The molecule has 25 heavy (non-hydrogen) atoms. The van der Waals surface area contributed by atoms with Crippen LogP contribution in [0.5, 0.6) is 5.88 Å². The number of nitrogens with one attached hydrogen (secondary N) is 2. The molecule has 3 heterocycles. The van der Waals surface area contributed by atoms with Gasteiger partial charge in [0.05, 0.1) is 28.9 Å². The molecule has 2 N–H and O–H groups in total. The van der Waals surface area contributed by atoms with Gasteiger partial charge in [-0.2, -0.15) is 0 Å².